The van der Waals surface area contributed by atoms with Crippen molar-refractivity contribution in [2.24, 2.45) is 0 Å². The van der Waals surface area contributed by atoms with Crippen molar-refractivity contribution in [2.45, 2.75) is 10.8 Å². The molecule has 0 radical (unpaired) electrons. The molecule has 1 aromatic heterocycles. The van der Waals surface area contributed by atoms with Crippen LogP contribution in [0.4, 0.5) is 5.69 Å². The number of pyridine rings is 1. The molecule has 3 aromatic rings. The standard InChI is InChI=1S/C23H16ClN3O2S2/c24-17-8-10-18(11-9-17)27-22(29)19(20(28)26-23(27)30)13-16-7-4-12-25-21(16)31-14-15-5-2-1-3-6-15/h1-13H,14H2,(H,26,28,30)/b19-13-. The minimum Gasteiger partial charge on any atom is -0.298 e. The summed E-state index contributed by atoms with van der Waals surface area (Å²) < 4.78 is 0. The molecule has 0 saturated carbocycles. The maximum atomic E-state index is 13.2. The second-order valence-electron chi connectivity index (χ2n) is 6.61. The molecule has 2 amide bonds. The minimum atomic E-state index is -0.539. The SMILES string of the molecule is O=C1NC(=S)N(c2ccc(Cl)cc2)C(=O)/C1=C\c1cccnc1SCc1ccccc1. The van der Waals surface area contributed by atoms with Gasteiger partial charge in [0.2, 0.25) is 0 Å². The van der Waals surface area contributed by atoms with Gasteiger partial charge in [0.15, 0.2) is 5.11 Å². The lowest BCUT2D eigenvalue weighted by molar-refractivity contribution is -0.122. The third kappa shape index (κ3) is 4.85. The molecule has 31 heavy (non-hydrogen) atoms. The van der Waals surface area contributed by atoms with Gasteiger partial charge in [-0.25, -0.2) is 4.98 Å². The van der Waals surface area contributed by atoms with Crippen molar-refractivity contribution in [3.63, 3.8) is 0 Å². The highest BCUT2D eigenvalue weighted by atomic mass is 35.5. The fraction of sp³-hybridized carbons (Fsp3) is 0.0435. The first kappa shape index (κ1) is 21.2. The van der Waals surface area contributed by atoms with Gasteiger partial charge in [0.25, 0.3) is 11.8 Å². The number of thiocarbonyl (C=S) groups is 1. The first-order valence-electron chi connectivity index (χ1n) is 9.32. The highest BCUT2D eigenvalue weighted by molar-refractivity contribution is 7.98. The molecule has 1 saturated heterocycles. The predicted molar refractivity (Wildman–Crippen MR) is 128 cm³/mol. The number of hydrogen-bond acceptors (Lipinski definition) is 5. The van der Waals surface area contributed by atoms with Crippen molar-refractivity contribution < 1.29 is 9.59 Å². The van der Waals surface area contributed by atoms with Crippen molar-refractivity contribution in [3.8, 4) is 0 Å². The van der Waals surface area contributed by atoms with E-state index in [1.54, 1.807) is 42.6 Å². The van der Waals surface area contributed by atoms with Gasteiger partial charge in [0, 0.05) is 22.5 Å². The normalized spacial score (nSPS) is 15.3. The minimum absolute atomic E-state index is 0.0156. The number of nitrogens with zero attached hydrogens (tertiary/aromatic N) is 2. The molecule has 0 spiro atoms. The molecular weight excluding hydrogens is 450 g/mol. The molecular formula is C23H16ClN3O2S2. The van der Waals surface area contributed by atoms with Gasteiger partial charge in [0.05, 0.1) is 5.69 Å². The molecule has 1 N–H and O–H groups in total. The van der Waals surface area contributed by atoms with Crippen LogP contribution in [0.15, 0.2) is 83.5 Å². The van der Waals surface area contributed by atoms with Crippen LogP contribution in [-0.2, 0) is 15.3 Å². The molecule has 0 bridgehead atoms. The van der Waals surface area contributed by atoms with Crippen LogP contribution in [-0.4, -0.2) is 21.9 Å². The summed E-state index contributed by atoms with van der Waals surface area (Å²) in [5.41, 5.74) is 2.35. The number of aromatic nitrogens is 1. The van der Waals surface area contributed by atoms with Gasteiger partial charge in [-0.15, -0.1) is 11.8 Å². The van der Waals surface area contributed by atoms with E-state index >= 15 is 0 Å². The van der Waals surface area contributed by atoms with Crippen LogP contribution >= 0.6 is 35.6 Å². The van der Waals surface area contributed by atoms with Crippen LogP contribution in [0.25, 0.3) is 6.08 Å². The summed E-state index contributed by atoms with van der Waals surface area (Å²) in [5, 5.41) is 3.88. The largest absolute Gasteiger partial charge is 0.298 e. The predicted octanol–water partition coefficient (Wildman–Crippen LogP) is 4.86. The lowest BCUT2D eigenvalue weighted by Crippen LogP contribution is -2.54. The molecule has 154 valence electrons. The molecule has 1 aliphatic rings. The van der Waals surface area contributed by atoms with Crippen molar-refractivity contribution in [1.29, 1.82) is 0 Å². The monoisotopic (exact) mass is 465 g/mol. The fourth-order valence-electron chi connectivity index (χ4n) is 3.00. The molecule has 1 aliphatic heterocycles. The van der Waals surface area contributed by atoms with Crippen molar-refractivity contribution in [1.82, 2.24) is 10.3 Å². The summed E-state index contributed by atoms with van der Waals surface area (Å²) in [6.45, 7) is 0. The summed E-state index contributed by atoms with van der Waals surface area (Å²) in [6.07, 6.45) is 3.25. The fourth-order valence-corrected chi connectivity index (χ4v) is 4.33. The number of carbonyl (C=O) groups excluding carboxylic acids is 2. The molecule has 2 heterocycles. The van der Waals surface area contributed by atoms with Crippen molar-refractivity contribution >= 4 is 64.3 Å². The Bertz CT molecular complexity index is 1180. The Kier molecular flexibility index (Phi) is 6.46. The molecule has 2 aromatic carbocycles. The Balaban J connectivity index is 1.64. The summed E-state index contributed by atoms with van der Waals surface area (Å²) in [7, 11) is 0. The van der Waals surface area contributed by atoms with Crippen LogP contribution in [0, 0.1) is 0 Å². The van der Waals surface area contributed by atoms with E-state index in [2.05, 4.69) is 10.3 Å². The van der Waals surface area contributed by atoms with Gasteiger partial charge in [-0.2, -0.15) is 0 Å². The van der Waals surface area contributed by atoms with E-state index in [9.17, 15) is 9.59 Å². The highest BCUT2D eigenvalue weighted by Gasteiger charge is 2.34. The Morgan fingerprint density at radius 2 is 1.77 bits per heavy atom. The highest BCUT2D eigenvalue weighted by Crippen LogP contribution is 2.28. The summed E-state index contributed by atoms with van der Waals surface area (Å²) >= 11 is 12.7. The number of rotatable bonds is 5. The Morgan fingerprint density at radius 1 is 1.03 bits per heavy atom. The lowest BCUT2D eigenvalue weighted by Gasteiger charge is -2.29. The van der Waals surface area contributed by atoms with Gasteiger partial charge < -0.3 is 0 Å². The first-order chi connectivity index (χ1) is 15.0. The second kappa shape index (κ2) is 9.43. The van der Waals surface area contributed by atoms with Crippen molar-refractivity contribution in [3.05, 3.63) is 94.6 Å². The molecule has 4 rings (SSSR count). The second-order valence-corrected chi connectivity index (χ2v) is 8.39. The quantitative estimate of drug-likeness (QED) is 0.252. The van der Waals surface area contributed by atoms with Gasteiger partial charge in [-0.1, -0.05) is 48.0 Å². The number of nitrogens with one attached hydrogen (secondary N) is 1. The van der Waals surface area contributed by atoms with Crippen LogP contribution in [0.1, 0.15) is 11.1 Å². The van der Waals surface area contributed by atoms with E-state index in [1.165, 1.54) is 16.7 Å². The third-order valence-electron chi connectivity index (χ3n) is 4.51. The van der Waals surface area contributed by atoms with E-state index in [4.69, 9.17) is 23.8 Å². The van der Waals surface area contributed by atoms with Gasteiger partial charge in [-0.3, -0.25) is 19.8 Å². The maximum absolute atomic E-state index is 13.2. The van der Waals surface area contributed by atoms with E-state index in [0.29, 0.717) is 16.3 Å². The zero-order chi connectivity index (χ0) is 21.8. The van der Waals surface area contributed by atoms with E-state index < -0.39 is 11.8 Å². The number of thioether (sulfide) groups is 1. The number of benzene rings is 2. The van der Waals surface area contributed by atoms with Crippen LogP contribution in [0.2, 0.25) is 5.02 Å². The molecule has 1 fully saturated rings. The number of carbonyl (C=O) groups is 2. The average Bonchev–Trinajstić information content (AvgIpc) is 2.78. The summed E-state index contributed by atoms with van der Waals surface area (Å²) in [6, 6.07) is 20.3. The lowest BCUT2D eigenvalue weighted by atomic mass is 10.1. The third-order valence-corrected chi connectivity index (χ3v) is 6.13. The van der Waals surface area contributed by atoms with E-state index in [-0.39, 0.29) is 10.7 Å². The molecule has 8 heteroatoms. The van der Waals surface area contributed by atoms with Gasteiger partial charge >= 0.3 is 0 Å². The molecule has 0 unspecified atom stereocenters. The van der Waals surface area contributed by atoms with E-state index in [1.807, 2.05) is 36.4 Å². The Labute approximate surface area is 194 Å². The molecule has 0 atom stereocenters. The number of anilines is 1. The maximum Gasteiger partial charge on any atom is 0.270 e. The van der Waals surface area contributed by atoms with E-state index in [0.717, 1.165) is 16.3 Å². The molecule has 5 nitrogen and oxygen atoms in total. The first-order valence-corrected chi connectivity index (χ1v) is 11.1. The number of halogens is 1. The molecule has 0 aliphatic carbocycles. The smallest absolute Gasteiger partial charge is 0.270 e. The van der Waals surface area contributed by atoms with Gasteiger partial charge in [0.1, 0.15) is 10.6 Å². The number of hydrogen-bond donors (Lipinski definition) is 1. The van der Waals surface area contributed by atoms with Crippen LogP contribution in [0.3, 0.4) is 0 Å². The van der Waals surface area contributed by atoms with Crippen LogP contribution < -0.4 is 10.2 Å². The Hall–Kier alpha value is -3.00. The summed E-state index contributed by atoms with van der Waals surface area (Å²) in [5.74, 6) is -0.322. The zero-order valence-corrected chi connectivity index (χ0v) is 18.5. The number of amides is 2. The summed E-state index contributed by atoms with van der Waals surface area (Å²) in [4.78, 5) is 31.5. The topological polar surface area (TPSA) is 62.3 Å². The van der Waals surface area contributed by atoms with Crippen molar-refractivity contribution in [2.75, 3.05) is 4.90 Å². The zero-order valence-electron chi connectivity index (χ0n) is 16.1. The van der Waals surface area contributed by atoms with Gasteiger partial charge in [-0.05, 0) is 54.2 Å². The van der Waals surface area contributed by atoms with Crippen LogP contribution in [0.5, 0.6) is 0 Å². The Morgan fingerprint density at radius 3 is 2.52 bits per heavy atom. The average molecular weight is 466 g/mol.